The van der Waals surface area contributed by atoms with Gasteiger partial charge in [-0.3, -0.25) is 4.79 Å². The first kappa shape index (κ1) is 21.9. The lowest BCUT2D eigenvalue weighted by Gasteiger charge is -2.42. The van der Waals surface area contributed by atoms with Crippen molar-refractivity contribution in [3.05, 3.63) is 24.3 Å². The molecule has 2 saturated carbocycles. The molecule has 0 aromatic carbocycles. The number of esters is 1. The van der Waals surface area contributed by atoms with Gasteiger partial charge in [0.2, 0.25) is 0 Å². The number of aliphatic hydroxyl groups excluding tert-OH is 5. The highest BCUT2D eigenvalue weighted by atomic mass is 16.7. The maximum atomic E-state index is 12.4. The summed E-state index contributed by atoms with van der Waals surface area (Å²) < 4.78 is 17.3. The summed E-state index contributed by atoms with van der Waals surface area (Å²) in [5.41, 5.74) is 1.44. The largest absolute Gasteiger partial charge is 0.461 e. The van der Waals surface area contributed by atoms with E-state index in [1.54, 1.807) is 6.92 Å². The molecule has 0 amide bonds. The lowest BCUT2D eigenvalue weighted by molar-refractivity contribution is -0.316. The zero-order chi connectivity index (χ0) is 21.9. The van der Waals surface area contributed by atoms with Gasteiger partial charge in [-0.15, -0.1) is 0 Å². The molecule has 0 aromatic heterocycles. The van der Waals surface area contributed by atoms with E-state index in [0.29, 0.717) is 18.4 Å². The number of hydrogen-bond acceptors (Lipinski definition) is 9. The van der Waals surface area contributed by atoms with Crippen molar-refractivity contribution in [1.29, 1.82) is 0 Å². The maximum Gasteiger partial charge on any atom is 0.309 e. The van der Waals surface area contributed by atoms with Crippen LogP contribution in [0.3, 0.4) is 0 Å². The van der Waals surface area contributed by atoms with Gasteiger partial charge in [0.25, 0.3) is 0 Å². The number of aliphatic hydroxyl groups is 5. The predicted molar refractivity (Wildman–Crippen MR) is 102 cm³/mol. The molecule has 4 fully saturated rings. The second kappa shape index (κ2) is 7.98. The molecule has 0 bridgehead atoms. The Morgan fingerprint density at radius 2 is 1.83 bits per heavy atom. The van der Waals surface area contributed by atoms with Gasteiger partial charge in [0.05, 0.1) is 24.7 Å². The summed E-state index contributed by atoms with van der Waals surface area (Å²) in [6.07, 6.45) is -8.06. The Bertz CT molecular complexity index is 721. The molecule has 168 valence electrons. The summed E-state index contributed by atoms with van der Waals surface area (Å²) in [5.74, 6) is -1.65. The van der Waals surface area contributed by atoms with Crippen LogP contribution in [0.2, 0.25) is 0 Å². The van der Waals surface area contributed by atoms with Crippen LogP contribution in [0.25, 0.3) is 0 Å². The van der Waals surface area contributed by atoms with Crippen molar-refractivity contribution in [3.8, 4) is 0 Å². The maximum absolute atomic E-state index is 12.4. The summed E-state index contributed by atoms with van der Waals surface area (Å²) >= 11 is 0. The lowest BCUT2D eigenvalue weighted by Crippen LogP contribution is -2.60. The lowest BCUT2D eigenvalue weighted by atomic mass is 9.79. The van der Waals surface area contributed by atoms with Gasteiger partial charge in [-0.05, 0) is 24.3 Å². The van der Waals surface area contributed by atoms with Gasteiger partial charge >= 0.3 is 5.97 Å². The predicted octanol–water partition coefficient (Wildman–Crippen LogP) is -1.14. The van der Waals surface area contributed by atoms with Gasteiger partial charge in [0.1, 0.15) is 30.5 Å². The first-order valence-electron chi connectivity index (χ1n) is 10.4. The third kappa shape index (κ3) is 3.33. The van der Waals surface area contributed by atoms with E-state index >= 15 is 0 Å². The molecule has 2 heterocycles. The molecule has 5 N–H and O–H groups in total. The minimum absolute atomic E-state index is 0.110. The molecule has 1 unspecified atom stereocenters. The van der Waals surface area contributed by atoms with Crippen LogP contribution < -0.4 is 0 Å². The van der Waals surface area contributed by atoms with Gasteiger partial charge in [0.15, 0.2) is 6.29 Å². The van der Waals surface area contributed by atoms with Crippen molar-refractivity contribution in [2.24, 2.45) is 23.7 Å². The van der Waals surface area contributed by atoms with Crippen LogP contribution in [-0.2, 0) is 19.0 Å². The Hall–Kier alpha value is -1.33. The van der Waals surface area contributed by atoms with Crippen molar-refractivity contribution in [2.75, 3.05) is 6.61 Å². The molecule has 0 radical (unpaired) electrons. The molecule has 2 aliphatic carbocycles. The van der Waals surface area contributed by atoms with Crippen molar-refractivity contribution >= 4 is 5.97 Å². The SMILES string of the molecule is C=C1C[C@H](O[C@@H]2O[C@H](CO)[C@@H](O)[C@H](O)[C@H]2O)[C@@H]2[C@H](OC(=O)[C@H]2C)[C@H]2C(=C)[C@H](O)CC12. The molecular weight excluding hydrogens is 396 g/mol. The zero-order valence-electron chi connectivity index (χ0n) is 16.8. The van der Waals surface area contributed by atoms with E-state index in [0.717, 1.165) is 5.57 Å². The Labute approximate surface area is 174 Å². The molecule has 2 saturated heterocycles. The van der Waals surface area contributed by atoms with Gasteiger partial charge in [0, 0.05) is 11.8 Å². The summed E-state index contributed by atoms with van der Waals surface area (Å²) in [4.78, 5) is 12.4. The summed E-state index contributed by atoms with van der Waals surface area (Å²) in [6, 6.07) is 0. The minimum atomic E-state index is -1.56. The standard InChI is InChI=1S/C21H30O9/c1-7-4-12(28-21-18(26)17(25)16(24)13(6-22)29-21)15-9(3)20(27)30-19(15)14-8(2)11(23)5-10(7)14/h9-19,21-26H,1-2,4-6H2,3H3/t9-,10?,11+,12-,13+,14-,15+,16+,17-,18+,19+,21+/m0/s1. The summed E-state index contributed by atoms with van der Waals surface area (Å²) in [5, 5.41) is 50.2. The average Bonchev–Trinajstić information content (AvgIpc) is 3.13. The van der Waals surface area contributed by atoms with Crippen LogP contribution in [0.4, 0.5) is 0 Å². The van der Waals surface area contributed by atoms with Gasteiger partial charge in [-0.2, -0.15) is 0 Å². The van der Waals surface area contributed by atoms with E-state index in [-0.39, 0.29) is 17.8 Å². The summed E-state index contributed by atoms with van der Waals surface area (Å²) in [6.45, 7) is 9.38. The monoisotopic (exact) mass is 426 g/mol. The Balaban J connectivity index is 1.62. The van der Waals surface area contributed by atoms with Crippen LogP contribution in [0.15, 0.2) is 24.3 Å². The van der Waals surface area contributed by atoms with Crippen LogP contribution in [0.1, 0.15) is 19.8 Å². The molecule has 0 aromatic rings. The molecule has 4 rings (SSSR count). The van der Waals surface area contributed by atoms with Crippen LogP contribution in [-0.4, -0.2) is 87.1 Å². The smallest absolute Gasteiger partial charge is 0.309 e. The number of ether oxygens (including phenoxy) is 3. The second-order valence-corrected chi connectivity index (χ2v) is 8.96. The van der Waals surface area contributed by atoms with E-state index in [4.69, 9.17) is 14.2 Å². The average molecular weight is 426 g/mol. The van der Waals surface area contributed by atoms with E-state index in [2.05, 4.69) is 13.2 Å². The van der Waals surface area contributed by atoms with Crippen LogP contribution in [0.5, 0.6) is 0 Å². The van der Waals surface area contributed by atoms with Gasteiger partial charge in [-0.25, -0.2) is 0 Å². The van der Waals surface area contributed by atoms with Crippen molar-refractivity contribution in [1.82, 2.24) is 0 Å². The normalized spacial score (nSPS) is 51.3. The highest BCUT2D eigenvalue weighted by Gasteiger charge is 2.58. The number of carbonyl (C=O) groups excluding carboxylic acids is 1. The Morgan fingerprint density at radius 3 is 2.50 bits per heavy atom. The molecule has 0 spiro atoms. The molecule has 4 aliphatic rings. The minimum Gasteiger partial charge on any atom is -0.461 e. The quantitative estimate of drug-likeness (QED) is 0.279. The first-order valence-corrected chi connectivity index (χ1v) is 10.4. The number of fused-ring (bicyclic) bond motifs is 3. The molecule has 9 heteroatoms. The topological polar surface area (TPSA) is 146 Å². The second-order valence-electron chi connectivity index (χ2n) is 8.96. The van der Waals surface area contributed by atoms with E-state index in [1.807, 2.05) is 0 Å². The Morgan fingerprint density at radius 1 is 1.13 bits per heavy atom. The molecule has 9 nitrogen and oxygen atoms in total. The third-order valence-electron chi connectivity index (χ3n) is 7.28. The highest BCUT2D eigenvalue weighted by Crippen LogP contribution is 2.53. The zero-order valence-corrected chi connectivity index (χ0v) is 16.8. The fourth-order valence-corrected chi connectivity index (χ4v) is 5.52. The molecule has 12 atom stereocenters. The highest BCUT2D eigenvalue weighted by molar-refractivity contribution is 5.75. The third-order valence-corrected chi connectivity index (χ3v) is 7.28. The van der Waals surface area contributed by atoms with E-state index in [9.17, 15) is 30.3 Å². The van der Waals surface area contributed by atoms with Gasteiger partial charge < -0.3 is 39.7 Å². The fraction of sp³-hybridized carbons (Fsp3) is 0.762. The van der Waals surface area contributed by atoms with Crippen molar-refractivity contribution in [2.45, 2.75) is 68.8 Å². The van der Waals surface area contributed by atoms with E-state index < -0.39 is 67.5 Å². The van der Waals surface area contributed by atoms with Crippen LogP contribution in [0, 0.1) is 23.7 Å². The number of rotatable bonds is 3. The van der Waals surface area contributed by atoms with E-state index in [1.165, 1.54) is 0 Å². The number of carbonyl (C=O) groups is 1. The van der Waals surface area contributed by atoms with Crippen LogP contribution >= 0.6 is 0 Å². The Kier molecular flexibility index (Phi) is 5.82. The number of hydrogen-bond donors (Lipinski definition) is 5. The molecular formula is C21H30O9. The molecule has 2 aliphatic heterocycles. The molecule has 30 heavy (non-hydrogen) atoms. The summed E-state index contributed by atoms with van der Waals surface area (Å²) in [7, 11) is 0. The fourth-order valence-electron chi connectivity index (χ4n) is 5.52. The van der Waals surface area contributed by atoms with Gasteiger partial charge in [-0.1, -0.05) is 25.7 Å². The van der Waals surface area contributed by atoms with Crippen molar-refractivity contribution < 1.29 is 44.5 Å². The van der Waals surface area contributed by atoms with Crippen molar-refractivity contribution in [3.63, 3.8) is 0 Å². The first-order chi connectivity index (χ1) is 14.1.